The van der Waals surface area contributed by atoms with E-state index in [9.17, 15) is 14.0 Å². The molecule has 0 radical (unpaired) electrons. The van der Waals surface area contributed by atoms with E-state index in [-0.39, 0.29) is 40.6 Å². The van der Waals surface area contributed by atoms with Crippen LogP contribution in [0.5, 0.6) is 0 Å². The second kappa shape index (κ2) is 10.1. The van der Waals surface area contributed by atoms with Crippen LogP contribution in [0.15, 0.2) is 54.2 Å². The van der Waals surface area contributed by atoms with Crippen LogP contribution in [0, 0.1) is 30.4 Å². The molecule has 1 aliphatic rings. The van der Waals surface area contributed by atoms with E-state index in [1.54, 1.807) is 20.0 Å². The van der Waals surface area contributed by atoms with Crippen molar-refractivity contribution in [2.45, 2.75) is 25.7 Å². The zero-order valence-corrected chi connectivity index (χ0v) is 21.3. The summed E-state index contributed by atoms with van der Waals surface area (Å²) in [4.78, 5) is 34.8. The fraction of sp³-hybridized carbons (Fsp3) is 0.207. The zero-order chi connectivity index (χ0) is 27.8. The summed E-state index contributed by atoms with van der Waals surface area (Å²) in [5, 5.41) is 4.53. The van der Waals surface area contributed by atoms with E-state index in [0.29, 0.717) is 22.4 Å². The Balaban J connectivity index is 1.63. The van der Waals surface area contributed by atoms with Gasteiger partial charge in [-0.2, -0.15) is 9.78 Å². The van der Waals surface area contributed by atoms with Crippen LogP contribution >= 0.6 is 0 Å². The van der Waals surface area contributed by atoms with Gasteiger partial charge in [-0.05, 0) is 67.2 Å². The Morgan fingerprint density at radius 2 is 2.03 bits per heavy atom. The minimum atomic E-state index is -0.705. The topological polar surface area (TPSA) is 107 Å². The molecular weight excluding hydrogens is 502 g/mol. The fourth-order valence-corrected chi connectivity index (χ4v) is 4.42. The molecule has 196 valence electrons. The molecule has 2 heterocycles. The number of nitrogens with zero attached hydrogens (tertiary/aromatic N) is 5. The number of benzene rings is 2. The molecule has 10 heteroatoms. The molecule has 0 unspecified atom stereocenters. The molecule has 2 aromatic carbocycles. The number of carbonyl (C=O) groups excluding carboxylic acids is 1. The van der Waals surface area contributed by atoms with Crippen molar-refractivity contribution in [2.24, 2.45) is 0 Å². The fourth-order valence-electron chi connectivity index (χ4n) is 4.42. The van der Waals surface area contributed by atoms with Crippen LogP contribution in [-0.2, 0) is 4.79 Å². The lowest BCUT2D eigenvalue weighted by Gasteiger charge is -2.15. The third-order valence-corrected chi connectivity index (χ3v) is 6.70. The van der Waals surface area contributed by atoms with E-state index in [1.807, 2.05) is 0 Å². The molecule has 39 heavy (non-hydrogen) atoms. The lowest BCUT2D eigenvalue weighted by Crippen LogP contribution is -2.24. The monoisotopic (exact) mass is 526 g/mol. The second-order valence-corrected chi connectivity index (χ2v) is 9.38. The number of carbonyl (C=O) groups is 1. The molecule has 0 atom stereocenters. The number of likely N-dealkylation sites (N-methyl/N-ethyl adjacent to an activating group) is 1. The van der Waals surface area contributed by atoms with E-state index in [1.165, 1.54) is 35.6 Å². The molecule has 0 saturated heterocycles. The second-order valence-electron chi connectivity index (χ2n) is 9.38. The van der Waals surface area contributed by atoms with Crippen molar-refractivity contribution in [1.82, 2.24) is 24.6 Å². The van der Waals surface area contributed by atoms with Gasteiger partial charge in [0.05, 0.1) is 35.1 Å². The number of rotatable bonds is 5. The van der Waals surface area contributed by atoms with Gasteiger partial charge in [-0.1, -0.05) is 18.4 Å². The van der Waals surface area contributed by atoms with Gasteiger partial charge in [0.1, 0.15) is 23.8 Å². The summed E-state index contributed by atoms with van der Waals surface area (Å²) in [5.41, 5.74) is 7.56. The predicted octanol–water partition coefficient (Wildman–Crippen LogP) is 3.88. The average Bonchev–Trinajstić information content (AvgIpc) is 3.76. The first-order valence-corrected chi connectivity index (χ1v) is 12.2. The Morgan fingerprint density at radius 1 is 1.26 bits per heavy atom. The van der Waals surface area contributed by atoms with Crippen LogP contribution in [0.3, 0.4) is 0 Å². The van der Waals surface area contributed by atoms with Gasteiger partial charge in [-0.25, -0.2) is 18.7 Å². The normalized spacial score (nSPS) is 12.6. The number of nitrogens with two attached hydrogens (primary N) is 1. The first-order valence-electron chi connectivity index (χ1n) is 12.2. The van der Waals surface area contributed by atoms with Crippen LogP contribution in [0.1, 0.15) is 35.4 Å². The molecule has 0 spiro atoms. The molecule has 2 N–H and O–H groups in total. The standard InChI is InChI=1S/C29H24F2N6O2/c1-4-25(38)36(3)9-5-6-21-27(33-15-34-28(21)32)22-12-20(30)13-24(16(22)2)37-29(39)26-19(14-35-37)10-18(11-23(26)31)17-7-8-17/h4,10-15,17H,1,7-9H2,2-3H3,(H2,32,33,34). The zero-order valence-electron chi connectivity index (χ0n) is 21.3. The van der Waals surface area contributed by atoms with Crippen LogP contribution in [-0.4, -0.2) is 44.1 Å². The van der Waals surface area contributed by atoms with E-state index >= 15 is 4.39 Å². The van der Waals surface area contributed by atoms with Gasteiger partial charge in [0.15, 0.2) is 0 Å². The van der Waals surface area contributed by atoms with Gasteiger partial charge in [0, 0.05) is 18.0 Å². The Labute approximate surface area is 222 Å². The summed E-state index contributed by atoms with van der Waals surface area (Å²) < 4.78 is 31.0. The Hall–Kier alpha value is -4.91. The van der Waals surface area contributed by atoms with Gasteiger partial charge in [0.2, 0.25) is 5.91 Å². The average molecular weight is 527 g/mol. The number of amides is 1. The van der Waals surface area contributed by atoms with Gasteiger partial charge >= 0.3 is 0 Å². The number of halogens is 2. The number of fused-ring (bicyclic) bond motifs is 1. The highest BCUT2D eigenvalue weighted by atomic mass is 19.1. The van der Waals surface area contributed by atoms with Crippen molar-refractivity contribution in [2.75, 3.05) is 19.3 Å². The Morgan fingerprint density at radius 3 is 2.74 bits per heavy atom. The first kappa shape index (κ1) is 25.7. The van der Waals surface area contributed by atoms with Crippen molar-refractivity contribution < 1.29 is 13.6 Å². The summed E-state index contributed by atoms with van der Waals surface area (Å²) in [6.45, 7) is 5.19. The maximum Gasteiger partial charge on any atom is 0.282 e. The first-order chi connectivity index (χ1) is 18.7. The number of anilines is 1. The molecular formula is C29H24F2N6O2. The molecule has 5 rings (SSSR count). The van der Waals surface area contributed by atoms with E-state index < -0.39 is 17.2 Å². The number of aromatic nitrogens is 4. The maximum absolute atomic E-state index is 15.1. The van der Waals surface area contributed by atoms with E-state index in [0.717, 1.165) is 29.2 Å². The molecule has 1 saturated carbocycles. The third kappa shape index (κ3) is 4.86. The quantitative estimate of drug-likeness (QED) is 0.312. The van der Waals surface area contributed by atoms with Crippen LogP contribution < -0.4 is 11.3 Å². The third-order valence-electron chi connectivity index (χ3n) is 6.70. The van der Waals surface area contributed by atoms with Crippen molar-refractivity contribution in [3.8, 4) is 28.8 Å². The van der Waals surface area contributed by atoms with Gasteiger partial charge in [-0.15, -0.1) is 0 Å². The van der Waals surface area contributed by atoms with Crippen LogP contribution in [0.2, 0.25) is 0 Å². The van der Waals surface area contributed by atoms with Crippen molar-refractivity contribution >= 4 is 22.5 Å². The van der Waals surface area contributed by atoms with E-state index in [2.05, 4.69) is 33.5 Å². The molecule has 8 nitrogen and oxygen atoms in total. The largest absolute Gasteiger partial charge is 0.383 e. The maximum atomic E-state index is 15.1. The molecule has 1 fully saturated rings. The lowest BCUT2D eigenvalue weighted by atomic mass is 9.99. The molecule has 1 amide bonds. The minimum absolute atomic E-state index is 0.0601. The highest BCUT2D eigenvalue weighted by Gasteiger charge is 2.26. The van der Waals surface area contributed by atoms with Crippen molar-refractivity contribution in [1.29, 1.82) is 0 Å². The van der Waals surface area contributed by atoms with Crippen LogP contribution in [0.4, 0.5) is 14.6 Å². The number of nitrogen functional groups attached to an aromatic ring is 1. The summed E-state index contributed by atoms with van der Waals surface area (Å²) in [6, 6.07) is 5.58. The highest BCUT2D eigenvalue weighted by molar-refractivity contribution is 5.87. The Bertz CT molecular complexity index is 1780. The predicted molar refractivity (Wildman–Crippen MR) is 144 cm³/mol. The van der Waals surface area contributed by atoms with Crippen LogP contribution in [0.25, 0.3) is 27.7 Å². The summed E-state index contributed by atoms with van der Waals surface area (Å²) in [6.07, 6.45) is 5.79. The highest BCUT2D eigenvalue weighted by Crippen LogP contribution is 2.41. The van der Waals surface area contributed by atoms with Gasteiger partial charge < -0.3 is 10.6 Å². The van der Waals surface area contributed by atoms with Gasteiger partial charge in [0.25, 0.3) is 5.56 Å². The molecule has 2 aromatic heterocycles. The summed E-state index contributed by atoms with van der Waals surface area (Å²) in [5.74, 6) is 4.48. The summed E-state index contributed by atoms with van der Waals surface area (Å²) in [7, 11) is 1.57. The SMILES string of the molecule is C=CC(=O)N(C)CC#Cc1c(N)ncnc1-c1cc(F)cc(-n2ncc3cc(C4CC4)cc(F)c3c2=O)c1C. The molecule has 0 bridgehead atoms. The molecule has 4 aromatic rings. The van der Waals surface area contributed by atoms with E-state index in [4.69, 9.17) is 5.73 Å². The van der Waals surface area contributed by atoms with Crippen molar-refractivity contribution in [3.05, 3.63) is 88.1 Å². The van der Waals surface area contributed by atoms with Gasteiger partial charge in [-0.3, -0.25) is 9.59 Å². The molecule has 1 aliphatic carbocycles. The molecule has 0 aliphatic heterocycles. The number of hydrogen-bond donors (Lipinski definition) is 1. The lowest BCUT2D eigenvalue weighted by molar-refractivity contribution is -0.124. The Kier molecular flexibility index (Phi) is 6.66. The number of hydrogen-bond acceptors (Lipinski definition) is 6. The minimum Gasteiger partial charge on any atom is -0.383 e. The smallest absolute Gasteiger partial charge is 0.282 e. The summed E-state index contributed by atoms with van der Waals surface area (Å²) >= 11 is 0. The van der Waals surface area contributed by atoms with Crippen molar-refractivity contribution in [3.63, 3.8) is 0 Å².